The van der Waals surface area contributed by atoms with Crippen LogP contribution in [0.3, 0.4) is 0 Å². The summed E-state index contributed by atoms with van der Waals surface area (Å²) in [7, 11) is -2.97. The van der Waals surface area contributed by atoms with E-state index in [2.05, 4.69) is 31.1 Å². The Hall–Kier alpha value is -1.48. The van der Waals surface area contributed by atoms with Gasteiger partial charge in [-0.3, -0.25) is 9.00 Å². The average Bonchev–Trinajstić information content (AvgIpc) is 2.48. The van der Waals surface area contributed by atoms with E-state index in [4.69, 9.17) is 0 Å². The summed E-state index contributed by atoms with van der Waals surface area (Å²) in [6.07, 6.45) is 3.04. The van der Waals surface area contributed by atoms with Gasteiger partial charge in [0.2, 0.25) is 0 Å². The van der Waals surface area contributed by atoms with Crippen LogP contribution < -0.4 is 0 Å². The molecule has 3 nitrogen and oxygen atoms in total. The molecular formula is C19H24O3SSi. The van der Waals surface area contributed by atoms with Crippen LogP contribution in [0.15, 0.2) is 41.3 Å². The lowest BCUT2D eigenvalue weighted by Gasteiger charge is -2.32. The third-order valence-corrected chi connectivity index (χ3v) is 6.25. The van der Waals surface area contributed by atoms with Gasteiger partial charge in [-0.1, -0.05) is 37.3 Å². The maximum Gasteiger partial charge on any atom is 0.156 e. The summed E-state index contributed by atoms with van der Waals surface area (Å²) in [6.45, 7) is 8.32. The van der Waals surface area contributed by atoms with Crippen LogP contribution in [0, 0.1) is 24.3 Å². The Balaban J connectivity index is 2.27. The summed E-state index contributed by atoms with van der Waals surface area (Å²) in [4.78, 5) is 12.4. The van der Waals surface area contributed by atoms with Gasteiger partial charge < -0.3 is 5.11 Å². The Bertz CT molecular complexity index is 735. The molecule has 0 aliphatic heterocycles. The molecule has 0 aromatic heterocycles. The summed E-state index contributed by atoms with van der Waals surface area (Å²) in [5.74, 6) is 2.60. The van der Waals surface area contributed by atoms with E-state index in [1.807, 2.05) is 31.2 Å². The molecule has 1 aromatic carbocycles. The van der Waals surface area contributed by atoms with Crippen molar-refractivity contribution in [2.24, 2.45) is 5.92 Å². The van der Waals surface area contributed by atoms with Crippen LogP contribution >= 0.6 is 0 Å². The minimum absolute atomic E-state index is 0.0457. The summed E-state index contributed by atoms with van der Waals surface area (Å²) < 4.78 is 12.7. The normalized spacial score (nSPS) is 25.0. The van der Waals surface area contributed by atoms with Gasteiger partial charge in [-0.15, -0.1) is 11.5 Å². The predicted octanol–water partition coefficient (Wildman–Crippen LogP) is 2.86. The van der Waals surface area contributed by atoms with Gasteiger partial charge in [0.25, 0.3) is 0 Å². The predicted molar refractivity (Wildman–Crippen MR) is 101 cm³/mol. The lowest BCUT2D eigenvalue weighted by Crippen LogP contribution is -2.44. The number of benzene rings is 1. The van der Waals surface area contributed by atoms with E-state index in [0.29, 0.717) is 4.90 Å². The van der Waals surface area contributed by atoms with Gasteiger partial charge in [0.15, 0.2) is 5.78 Å². The van der Waals surface area contributed by atoms with Crippen molar-refractivity contribution in [1.29, 1.82) is 0 Å². The zero-order valence-corrected chi connectivity index (χ0v) is 16.4. The van der Waals surface area contributed by atoms with Crippen molar-refractivity contribution < 1.29 is 14.1 Å². The molecule has 128 valence electrons. The number of rotatable bonds is 3. The molecule has 0 unspecified atom stereocenters. The van der Waals surface area contributed by atoms with E-state index in [1.54, 1.807) is 0 Å². The number of allylic oxidation sites excluding steroid dienone is 1. The van der Waals surface area contributed by atoms with Crippen LogP contribution in [0.5, 0.6) is 0 Å². The highest BCUT2D eigenvalue weighted by atomic mass is 32.2. The SMILES string of the molecule is Cc1ccc([S@](=O)C[C@@]2(O)C=CC(=O)C[C@@H]2C#C[Si](C)(C)C)cc1. The lowest BCUT2D eigenvalue weighted by molar-refractivity contribution is -0.117. The molecule has 3 atom stereocenters. The van der Waals surface area contributed by atoms with Gasteiger partial charge in [0.1, 0.15) is 13.7 Å². The maximum atomic E-state index is 12.7. The van der Waals surface area contributed by atoms with Crippen molar-refractivity contribution in [2.75, 3.05) is 5.75 Å². The number of carbonyl (C=O) groups is 1. The van der Waals surface area contributed by atoms with E-state index < -0.39 is 30.4 Å². The molecule has 1 aliphatic carbocycles. The number of ketones is 1. The number of hydrogen-bond acceptors (Lipinski definition) is 3. The molecule has 0 heterocycles. The van der Waals surface area contributed by atoms with Crippen molar-refractivity contribution in [2.45, 2.75) is 43.5 Å². The van der Waals surface area contributed by atoms with E-state index in [0.717, 1.165) is 5.56 Å². The van der Waals surface area contributed by atoms with Crippen LogP contribution in [-0.2, 0) is 15.6 Å². The summed E-state index contributed by atoms with van der Waals surface area (Å²) in [5, 5.41) is 11.0. The quantitative estimate of drug-likeness (QED) is 0.666. The van der Waals surface area contributed by atoms with Gasteiger partial charge in [0.05, 0.1) is 22.5 Å². The molecule has 1 N–H and O–H groups in total. The van der Waals surface area contributed by atoms with Crippen molar-refractivity contribution in [3.05, 3.63) is 42.0 Å². The Morgan fingerprint density at radius 1 is 1.29 bits per heavy atom. The van der Waals surface area contributed by atoms with Crippen LogP contribution in [0.2, 0.25) is 19.6 Å². The first-order chi connectivity index (χ1) is 11.1. The molecule has 1 aromatic rings. The monoisotopic (exact) mass is 360 g/mol. The first-order valence-electron chi connectivity index (χ1n) is 8.01. The zero-order chi connectivity index (χ0) is 18.0. The van der Waals surface area contributed by atoms with E-state index in [9.17, 15) is 14.1 Å². The third kappa shape index (κ3) is 5.00. The number of carbonyl (C=O) groups excluding carboxylic acids is 1. The Morgan fingerprint density at radius 2 is 1.92 bits per heavy atom. The number of aryl methyl sites for hydroxylation is 1. The lowest BCUT2D eigenvalue weighted by atomic mass is 9.81. The molecule has 0 bridgehead atoms. The van der Waals surface area contributed by atoms with Crippen LogP contribution in [0.4, 0.5) is 0 Å². The minimum atomic E-state index is -1.62. The fourth-order valence-electron chi connectivity index (χ4n) is 2.41. The standard InChI is InChI=1S/C19H24O3SSi/c1-15-5-7-18(8-6-15)23(22)14-19(21)11-9-17(20)13-16(19)10-12-24(2,3)4/h5-9,11,16,21H,13-14H2,1-4H3/t16-,19-,23+/m0/s1. The summed E-state index contributed by atoms with van der Waals surface area (Å²) >= 11 is 0. The zero-order valence-electron chi connectivity index (χ0n) is 14.6. The second kappa shape index (κ2) is 7.18. The number of aliphatic hydroxyl groups is 1. The van der Waals surface area contributed by atoms with Gasteiger partial charge in [0, 0.05) is 11.3 Å². The second-order valence-corrected chi connectivity index (χ2v) is 13.6. The second-order valence-electron chi connectivity index (χ2n) is 7.37. The van der Waals surface area contributed by atoms with Gasteiger partial charge >= 0.3 is 0 Å². The van der Waals surface area contributed by atoms with Crippen LogP contribution in [0.25, 0.3) is 0 Å². The Kier molecular flexibility index (Phi) is 5.64. The van der Waals surface area contributed by atoms with E-state index in [-0.39, 0.29) is 18.0 Å². The van der Waals surface area contributed by atoms with Gasteiger partial charge in [-0.2, -0.15) is 0 Å². The smallest absolute Gasteiger partial charge is 0.156 e. The molecule has 2 rings (SSSR count). The van der Waals surface area contributed by atoms with Crippen LogP contribution in [-0.4, -0.2) is 34.5 Å². The largest absolute Gasteiger partial charge is 0.383 e. The molecule has 0 saturated carbocycles. The molecule has 0 radical (unpaired) electrons. The first-order valence-corrected chi connectivity index (χ1v) is 12.8. The van der Waals surface area contributed by atoms with E-state index in [1.165, 1.54) is 12.2 Å². The van der Waals surface area contributed by atoms with Crippen molar-refractivity contribution in [3.63, 3.8) is 0 Å². The highest BCUT2D eigenvalue weighted by Crippen LogP contribution is 2.29. The van der Waals surface area contributed by atoms with Gasteiger partial charge in [-0.25, -0.2) is 0 Å². The fraction of sp³-hybridized carbons (Fsp3) is 0.421. The fourth-order valence-corrected chi connectivity index (χ4v) is 4.34. The highest BCUT2D eigenvalue weighted by Gasteiger charge is 2.39. The van der Waals surface area contributed by atoms with Crippen molar-refractivity contribution in [3.8, 4) is 11.5 Å². The van der Waals surface area contributed by atoms with Crippen LogP contribution in [0.1, 0.15) is 12.0 Å². The maximum absolute atomic E-state index is 12.7. The third-order valence-electron chi connectivity index (χ3n) is 3.83. The summed E-state index contributed by atoms with van der Waals surface area (Å²) in [5.41, 5.74) is 2.99. The minimum Gasteiger partial charge on any atom is -0.383 e. The van der Waals surface area contributed by atoms with Gasteiger partial charge in [-0.05, 0) is 31.2 Å². The van der Waals surface area contributed by atoms with Crippen molar-refractivity contribution >= 4 is 24.7 Å². The molecule has 24 heavy (non-hydrogen) atoms. The van der Waals surface area contributed by atoms with E-state index >= 15 is 0 Å². The molecular weight excluding hydrogens is 336 g/mol. The highest BCUT2D eigenvalue weighted by molar-refractivity contribution is 7.85. The molecule has 5 heteroatoms. The number of hydrogen-bond donors (Lipinski definition) is 1. The molecule has 0 fully saturated rings. The molecule has 0 amide bonds. The van der Waals surface area contributed by atoms with Crippen molar-refractivity contribution in [1.82, 2.24) is 0 Å². The Labute approximate surface area is 147 Å². The first kappa shape index (κ1) is 18.8. The summed E-state index contributed by atoms with van der Waals surface area (Å²) in [6, 6.07) is 7.44. The molecule has 0 spiro atoms. The molecule has 1 aliphatic rings. The average molecular weight is 361 g/mol. The Morgan fingerprint density at radius 3 is 2.50 bits per heavy atom. The topological polar surface area (TPSA) is 54.4 Å². The molecule has 0 saturated heterocycles.